The van der Waals surface area contributed by atoms with Crippen LogP contribution in [0.25, 0.3) is 10.8 Å². The molecule has 0 fully saturated rings. The van der Waals surface area contributed by atoms with Crippen LogP contribution < -0.4 is 14.8 Å². The first-order valence-corrected chi connectivity index (χ1v) is 10.7. The molecule has 0 saturated heterocycles. The van der Waals surface area contributed by atoms with E-state index in [1.807, 2.05) is 84.9 Å². The van der Waals surface area contributed by atoms with Crippen molar-refractivity contribution in [2.24, 2.45) is 0 Å². The molecule has 166 valence electrons. The molecule has 0 aliphatic rings. The molecule has 1 atom stereocenters. The summed E-state index contributed by atoms with van der Waals surface area (Å²) in [6.45, 7) is 1.37. The molecule has 0 spiro atoms. The van der Waals surface area contributed by atoms with Gasteiger partial charge in [0.05, 0.1) is 19.6 Å². The Kier molecular flexibility index (Phi) is 6.69. The van der Waals surface area contributed by atoms with Crippen LogP contribution in [0.3, 0.4) is 0 Å². The fourth-order valence-corrected chi connectivity index (χ4v) is 3.93. The number of nitrogens with one attached hydrogen (secondary N) is 1. The number of fused-ring (bicyclic) bond motifs is 1. The van der Waals surface area contributed by atoms with Crippen molar-refractivity contribution < 1.29 is 19.1 Å². The fraction of sp³-hybridized carbons (Fsp3) is 0.143. The second kappa shape index (κ2) is 10.0. The SMILES string of the molecule is COc1ccc([C@@H](NC(=O)Cc2ccccc2)c2c(OC(C)=O)ccc3ccccc23)cc1. The number of carbonyl (C=O) groups excluding carboxylic acids is 2. The molecule has 5 nitrogen and oxygen atoms in total. The van der Waals surface area contributed by atoms with Crippen LogP contribution in [-0.4, -0.2) is 19.0 Å². The summed E-state index contributed by atoms with van der Waals surface area (Å²) in [5.74, 6) is 0.577. The van der Waals surface area contributed by atoms with Gasteiger partial charge in [-0.3, -0.25) is 9.59 Å². The Hall–Kier alpha value is -4.12. The van der Waals surface area contributed by atoms with Crippen LogP contribution in [0.5, 0.6) is 11.5 Å². The lowest BCUT2D eigenvalue weighted by Crippen LogP contribution is -2.31. The van der Waals surface area contributed by atoms with Gasteiger partial charge in [0.2, 0.25) is 5.91 Å². The third-order valence-electron chi connectivity index (χ3n) is 5.44. The maximum absolute atomic E-state index is 13.1. The van der Waals surface area contributed by atoms with Crippen LogP contribution in [0.4, 0.5) is 0 Å². The lowest BCUT2D eigenvalue weighted by atomic mass is 9.92. The van der Waals surface area contributed by atoms with E-state index in [2.05, 4.69) is 5.32 Å². The molecule has 1 amide bonds. The number of methoxy groups -OCH3 is 1. The smallest absolute Gasteiger partial charge is 0.308 e. The molecule has 4 aromatic carbocycles. The molecule has 0 aromatic heterocycles. The number of carbonyl (C=O) groups is 2. The van der Waals surface area contributed by atoms with Gasteiger partial charge in [-0.15, -0.1) is 0 Å². The molecule has 0 aliphatic carbocycles. The van der Waals surface area contributed by atoms with Gasteiger partial charge in [-0.05, 0) is 40.1 Å². The molecule has 0 aliphatic heterocycles. The minimum atomic E-state index is -0.535. The van der Waals surface area contributed by atoms with Gasteiger partial charge >= 0.3 is 5.97 Å². The number of benzene rings is 4. The number of ether oxygens (including phenoxy) is 2. The van der Waals surface area contributed by atoms with Crippen molar-refractivity contribution in [3.05, 3.63) is 108 Å². The third kappa shape index (κ3) is 5.21. The Morgan fingerprint density at radius 1 is 0.848 bits per heavy atom. The van der Waals surface area contributed by atoms with E-state index >= 15 is 0 Å². The number of hydrogen-bond acceptors (Lipinski definition) is 4. The topological polar surface area (TPSA) is 64.6 Å². The summed E-state index contributed by atoms with van der Waals surface area (Å²) < 4.78 is 10.9. The van der Waals surface area contributed by atoms with Crippen LogP contribution in [0.2, 0.25) is 0 Å². The highest BCUT2D eigenvalue weighted by Gasteiger charge is 2.24. The summed E-state index contributed by atoms with van der Waals surface area (Å²) in [5, 5.41) is 5.06. The van der Waals surface area contributed by atoms with Crippen LogP contribution in [-0.2, 0) is 16.0 Å². The molecule has 4 aromatic rings. The Bertz CT molecular complexity index is 1270. The van der Waals surface area contributed by atoms with E-state index in [0.29, 0.717) is 11.5 Å². The van der Waals surface area contributed by atoms with Crippen molar-refractivity contribution in [1.82, 2.24) is 5.32 Å². The van der Waals surface area contributed by atoms with Crippen molar-refractivity contribution in [3.63, 3.8) is 0 Å². The molecule has 0 bridgehead atoms. The summed E-state index contributed by atoms with van der Waals surface area (Å²) in [4.78, 5) is 25.0. The van der Waals surface area contributed by atoms with Gasteiger partial charge in [0, 0.05) is 12.5 Å². The Balaban J connectivity index is 1.82. The first-order chi connectivity index (χ1) is 16.0. The fourth-order valence-electron chi connectivity index (χ4n) is 3.93. The zero-order valence-corrected chi connectivity index (χ0v) is 18.6. The molecule has 0 radical (unpaired) electrons. The van der Waals surface area contributed by atoms with Crippen molar-refractivity contribution in [3.8, 4) is 11.5 Å². The van der Waals surface area contributed by atoms with Gasteiger partial charge in [-0.2, -0.15) is 0 Å². The first-order valence-electron chi connectivity index (χ1n) is 10.7. The summed E-state index contributed by atoms with van der Waals surface area (Å²) in [6.07, 6.45) is 0.237. The Morgan fingerprint density at radius 3 is 2.24 bits per heavy atom. The molecular weight excluding hydrogens is 414 g/mol. The minimum absolute atomic E-state index is 0.135. The molecule has 0 unspecified atom stereocenters. The molecule has 5 heteroatoms. The molecule has 4 rings (SSSR count). The summed E-state index contributed by atoms with van der Waals surface area (Å²) in [5.41, 5.74) is 2.50. The van der Waals surface area contributed by atoms with E-state index in [1.165, 1.54) is 6.92 Å². The van der Waals surface area contributed by atoms with Gasteiger partial charge in [0.1, 0.15) is 11.5 Å². The average Bonchev–Trinajstić information content (AvgIpc) is 2.83. The molecule has 0 saturated carbocycles. The second-order valence-corrected chi connectivity index (χ2v) is 7.73. The van der Waals surface area contributed by atoms with Crippen molar-refractivity contribution in [1.29, 1.82) is 0 Å². The Morgan fingerprint density at radius 2 is 1.55 bits per heavy atom. The maximum Gasteiger partial charge on any atom is 0.308 e. The number of esters is 1. The summed E-state index contributed by atoms with van der Waals surface area (Å²) >= 11 is 0. The molecule has 0 heterocycles. The van der Waals surface area contributed by atoms with E-state index in [9.17, 15) is 9.59 Å². The molecule has 1 N–H and O–H groups in total. The third-order valence-corrected chi connectivity index (χ3v) is 5.44. The van der Waals surface area contributed by atoms with Crippen LogP contribution in [0, 0.1) is 0 Å². The molecule has 33 heavy (non-hydrogen) atoms. The van der Waals surface area contributed by atoms with Gasteiger partial charge in [-0.25, -0.2) is 0 Å². The zero-order chi connectivity index (χ0) is 23.2. The van der Waals surface area contributed by atoms with Crippen LogP contribution in [0.1, 0.15) is 29.7 Å². The number of amides is 1. The monoisotopic (exact) mass is 439 g/mol. The average molecular weight is 440 g/mol. The Labute approximate surface area is 193 Å². The first kappa shape index (κ1) is 22.1. The zero-order valence-electron chi connectivity index (χ0n) is 18.6. The van der Waals surface area contributed by atoms with Crippen LogP contribution in [0.15, 0.2) is 91.0 Å². The largest absolute Gasteiger partial charge is 0.497 e. The van der Waals surface area contributed by atoms with Gasteiger partial charge in [0.15, 0.2) is 0 Å². The van der Waals surface area contributed by atoms with Crippen LogP contribution >= 0.6 is 0 Å². The maximum atomic E-state index is 13.1. The standard InChI is InChI=1S/C28H25NO4/c1-19(30)33-25-17-14-21-10-6-7-11-24(21)27(25)28(22-12-15-23(32-2)16-13-22)29-26(31)18-20-8-4-3-5-9-20/h3-17,28H,18H2,1-2H3,(H,29,31)/t28-/m1/s1. The quantitative estimate of drug-likeness (QED) is 0.317. The second-order valence-electron chi connectivity index (χ2n) is 7.73. The van der Waals surface area contributed by atoms with E-state index in [-0.39, 0.29) is 12.3 Å². The highest BCUT2D eigenvalue weighted by atomic mass is 16.5. The lowest BCUT2D eigenvalue weighted by Gasteiger charge is -2.24. The van der Waals surface area contributed by atoms with Crippen molar-refractivity contribution in [2.75, 3.05) is 7.11 Å². The van der Waals surface area contributed by atoms with E-state index < -0.39 is 12.0 Å². The number of rotatable bonds is 7. The predicted molar refractivity (Wildman–Crippen MR) is 128 cm³/mol. The van der Waals surface area contributed by atoms with E-state index in [1.54, 1.807) is 13.2 Å². The van der Waals surface area contributed by atoms with Crippen molar-refractivity contribution in [2.45, 2.75) is 19.4 Å². The van der Waals surface area contributed by atoms with Gasteiger partial charge < -0.3 is 14.8 Å². The van der Waals surface area contributed by atoms with Gasteiger partial charge in [-0.1, -0.05) is 72.8 Å². The van der Waals surface area contributed by atoms with Crippen molar-refractivity contribution >= 4 is 22.6 Å². The summed E-state index contributed by atoms with van der Waals surface area (Å²) in [6, 6.07) is 28.1. The number of hydrogen-bond donors (Lipinski definition) is 1. The summed E-state index contributed by atoms with van der Waals surface area (Å²) in [7, 11) is 1.61. The molecular formula is C28H25NO4. The predicted octanol–water partition coefficient (Wildman–Crippen LogP) is 5.22. The normalized spacial score (nSPS) is 11.6. The highest BCUT2D eigenvalue weighted by Crippen LogP contribution is 2.37. The lowest BCUT2D eigenvalue weighted by molar-refractivity contribution is -0.131. The highest BCUT2D eigenvalue weighted by molar-refractivity contribution is 5.90. The van der Waals surface area contributed by atoms with E-state index in [0.717, 1.165) is 27.5 Å². The minimum Gasteiger partial charge on any atom is -0.497 e. The van der Waals surface area contributed by atoms with E-state index in [4.69, 9.17) is 9.47 Å². The van der Waals surface area contributed by atoms with Gasteiger partial charge in [0.25, 0.3) is 0 Å².